The van der Waals surface area contributed by atoms with Gasteiger partial charge in [-0.2, -0.15) is 5.26 Å². The van der Waals surface area contributed by atoms with Crippen molar-refractivity contribution in [1.82, 2.24) is 24.3 Å². The van der Waals surface area contributed by atoms with Crippen LogP contribution in [0, 0.1) is 17.2 Å². The van der Waals surface area contributed by atoms with E-state index in [4.69, 9.17) is 14.5 Å². The van der Waals surface area contributed by atoms with Crippen molar-refractivity contribution in [3.8, 4) is 23.3 Å². The first-order valence-corrected chi connectivity index (χ1v) is 13.9. The van der Waals surface area contributed by atoms with Gasteiger partial charge in [-0.05, 0) is 83.6 Å². The van der Waals surface area contributed by atoms with Crippen molar-refractivity contribution in [1.29, 1.82) is 5.26 Å². The number of methoxy groups -OCH3 is 1. The Labute approximate surface area is 234 Å². The highest BCUT2D eigenvalue weighted by Gasteiger charge is 2.32. The Balaban J connectivity index is 1.45. The lowest BCUT2D eigenvalue weighted by molar-refractivity contribution is 0.0412. The highest BCUT2D eigenvalue weighted by Crippen LogP contribution is 2.36. The zero-order valence-electron chi connectivity index (χ0n) is 24.2. The second-order valence-electron chi connectivity index (χ2n) is 12.0. The van der Waals surface area contributed by atoms with E-state index >= 15 is 0 Å². The summed E-state index contributed by atoms with van der Waals surface area (Å²) in [5, 5.41) is 12.6. The van der Waals surface area contributed by atoms with E-state index < -0.39 is 11.7 Å². The fourth-order valence-electron chi connectivity index (χ4n) is 5.48. The molecule has 1 aliphatic carbocycles. The van der Waals surface area contributed by atoms with E-state index in [0.29, 0.717) is 40.8 Å². The highest BCUT2D eigenvalue weighted by atomic mass is 16.6. The average Bonchev–Trinajstić information content (AvgIpc) is 3.54. The molecule has 0 radical (unpaired) electrons. The number of nitrogens with one attached hydrogen (secondary N) is 1. The summed E-state index contributed by atoms with van der Waals surface area (Å²) in [5.41, 5.74) is 2.80. The van der Waals surface area contributed by atoms with Gasteiger partial charge in [-0.3, -0.25) is 4.79 Å². The molecule has 1 N–H and O–H groups in total. The van der Waals surface area contributed by atoms with Crippen LogP contribution in [0.25, 0.3) is 22.6 Å². The summed E-state index contributed by atoms with van der Waals surface area (Å²) < 4.78 is 15.2. The summed E-state index contributed by atoms with van der Waals surface area (Å²) >= 11 is 0. The van der Waals surface area contributed by atoms with Crippen LogP contribution in [0.4, 0.5) is 4.79 Å². The Kier molecular flexibility index (Phi) is 7.25. The van der Waals surface area contributed by atoms with Gasteiger partial charge >= 0.3 is 6.09 Å². The highest BCUT2D eigenvalue weighted by molar-refractivity contribution is 6.00. The van der Waals surface area contributed by atoms with Crippen molar-refractivity contribution in [2.75, 3.05) is 13.7 Å². The molecular formula is C30H38N6O4. The molecule has 0 unspecified atom stereocenters. The molecule has 212 valence electrons. The van der Waals surface area contributed by atoms with Gasteiger partial charge in [0.25, 0.3) is 5.91 Å². The van der Waals surface area contributed by atoms with Crippen molar-refractivity contribution < 1.29 is 19.1 Å². The third-order valence-corrected chi connectivity index (χ3v) is 7.73. The van der Waals surface area contributed by atoms with Gasteiger partial charge in [0.15, 0.2) is 5.82 Å². The van der Waals surface area contributed by atoms with Crippen LogP contribution < -0.4 is 10.1 Å². The molecule has 2 aliphatic rings. The number of aryl methyl sites for hydroxylation is 1. The van der Waals surface area contributed by atoms with Crippen LogP contribution in [-0.4, -0.2) is 62.4 Å². The lowest BCUT2D eigenvalue weighted by atomic mass is 9.98. The lowest BCUT2D eigenvalue weighted by Crippen LogP contribution is -2.53. The largest absolute Gasteiger partial charge is 0.494 e. The molecule has 2 fully saturated rings. The lowest BCUT2D eigenvalue weighted by Gasteiger charge is -2.38. The molecule has 0 spiro atoms. The maximum Gasteiger partial charge on any atom is 0.407 e. The summed E-state index contributed by atoms with van der Waals surface area (Å²) in [7, 11) is 3.51. The molecule has 3 heterocycles. The minimum Gasteiger partial charge on any atom is -0.494 e. The summed E-state index contributed by atoms with van der Waals surface area (Å²) in [6, 6.07) is 9.46. The van der Waals surface area contributed by atoms with E-state index in [-0.39, 0.29) is 18.0 Å². The van der Waals surface area contributed by atoms with Crippen molar-refractivity contribution >= 4 is 23.0 Å². The number of amides is 2. The Morgan fingerprint density at radius 1 is 1.18 bits per heavy atom. The number of fused-ring (bicyclic) bond motifs is 1. The second kappa shape index (κ2) is 10.5. The quantitative estimate of drug-likeness (QED) is 0.473. The van der Waals surface area contributed by atoms with Gasteiger partial charge in [-0.15, -0.1) is 0 Å². The Morgan fingerprint density at radius 3 is 2.58 bits per heavy atom. The third kappa shape index (κ3) is 5.51. The molecule has 10 nitrogen and oxygen atoms in total. The van der Waals surface area contributed by atoms with Crippen molar-refractivity contribution in [3.05, 3.63) is 35.5 Å². The molecule has 2 amide bonds. The number of carbonyl (C=O) groups is 2. The van der Waals surface area contributed by atoms with Gasteiger partial charge in [-0.1, -0.05) is 0 Å². The molecule has 3 aromatic rings. The number of imidazole rings is 1. The number of carbonyl (C=O) groups excluding carboxylic acids is 2. The Hall–Kier alpha value is -4.00. The van der Waals surface area contributed by atoms with E-state index in [1.165, 1.54) is 12.8 Å². The number of nitrogens with zero attached hydrogens (tertiary/aromatic N) is 5. The molecule has 1 aromatic carbocycles. The van der Waals surface area contributed by atoms with Gasteiger partial charge in [0.05, 0.1) is 18.3 Å². The number of hydrogen-bond donors (Lipinski definition) is 1. The van der Waals surface area contributed by atoms with E-state index in [9.17, 15) is 14.9 Å². The van der Waals surface area contributed by atoms with Crippen LogP contribution in [0.15, 0.2) is 24.3 Å². The molecule has 2 atom stereocenters. The molecule has 0 bridgehead atoms. The number of rotatable bonds is 6. The van der Waals surface area contributed by atoms with Gasteiger partial charge in [0, 0.05) is 37.8 Å². The van der Waals surface area contributed by atoms with Gasteiger partial charge < -0.3 is 28.8 Å². The molecule has 5 rings (SSSR count). The number of nitriles is 1. The number of alkyl carbamates (subject to hydrolysis) is 1. The molecule has 1 saturated carbocycles. The summed E-state index contributed by atoms with van der Waals surface area (Å²) in [4.78, 5) is 32.9. The molecule has 1 saturated heterocycles. The van der Waals surface area contributed by atoms with Crippen LogP contribution in [-0.2, 0) is 18.3 Å². The first-order valence-electron chi connectivity index (χ1n) is 13.9. The molecule has 2 aromatic heterocycles. The molecule has 1 aliphatic heterocycles. The zero-order chi connectivity index (χ0) is 28.8. The monoisotopic (exact) mass is 546 g/mol. The van der Waals surface area contributed by atoms with Crippen LogP contribution in [0.1, 0.15) is 69.4 Å². The van der Waals surface area contributed by atoms with Crippen molar-refractivity contribution in [2.45, 2.75) is 77.6 Å². The standard InChI is InChI=1S/C30H38N6O4/c1-18-7-10-21(32-29(38)40-30(2,3)4)17-35(18)28(37)20-13-23-26(25(14-20)39-6)34(5)27(33-23)24-12-11-22(15-31)36(24)16-19-8-9-19/h11-14,18-19,21H,7-10,16-17H2,1-6H3,(H,32,38)/t18-,21+/m0/s1. The van der Waals surface area contributed by atoms with Gasteiger partial charge in [0.1, 0.15) is 28.6 Å². The number of piperidine rings is 1. The number of benzene rings is 1. The average molecular weight is 547 g/mol. The number of ether oxygens (including phenoxy) is 2. The normalized spacial score (nSPS) is 19.4. The fourth-order valence-corrected chi connectivity index (χ4v) is 5.48. The minimum atomic E-state index is -0.592. The summed E-state index contributed by atoms with van der Waals surface area (Å²) in [6.45, 7) is 8.68. The zero-order valence-corrected chi connectivity index (χ0v) is 24.2. The Morgan fingerprint density at radius 2 is 1.93 bits per heavy atom. The number of likely N-dealkylation sites (tertiary alicyclic amines) is 1. The summed E-state index contributed by atoms with van der Waals surface area (Å²) in [6.07, 6.45) is 3.40. The van der Waals surface area contributed by atoms with E-state index in [2.05, 4.69) is 11.4 Å². The molecule has 10 heteroatoms. The van der Waals surface area contributed by atoms with E-state index in [0.717, 1.165) is 30.6 Å². The predicted molar refractivity (Wildman–Crippen MR) is 151 cm³/mol. The van der Waals surface area contributed by atoms with Crippen molar-refractivity contribution in [2.24, 2.45) is 13.0 Å². The van der Waals surface area contributed by atoms with Gasteiger partial charge in [-0.25, -0.2) is 9.78 Å². The summed E-state index contributed by atoms with van der Waals surface area (Å²) in [5.74, 6) is 1.72. The first-order chi connectivity index (χ1) is 19.0. The van der Waals surface area contributed by atoms with Crippen LogP contribution in [0.2, 0.25) is 0 Å². The number of aromatic nitrogens is 3. The van der Waals surface area contributed by atoms with Crippen LogP contribution >= 0.6 is 0 Å². The molecule has 40 heavy (non-hydrogen) atoms. The maximum atomic E-state index is 13.8. The second-order valence-corrected chi connectivity index (χ2v) is 12.0. The smallest absolute Gasteiger partial charge is 0.407 e. The molecular weight excluding hydrogens is 508 g/mol. The van der Waals surface area contributed by atoms with Crippen molar-refractivity contribution in [3.63, 3.8) is 0 Å². The predicted octanol–water partition coefficient (Wildman–Crippen LogP) is 4.85. The SMILES string of the molecule is COc1cc(C(=O)N2C[C@H](NC(=O)OC(C)(C)C)CC[C@@H]2C)cc2nc(-c3ccc(C#N)n3CC3CC3)n(C)c12. The Bertz CT molecular complexity index is 1490. The van der Waals surface area contributed by atoms with Crippen LogP contribution in [0.3, 0.4) is 0 Å². The maximum absolute atomic E-state index is 13.8. The van der Waals surface area contributed by atoms with E-state index in [1.54, 1.807) is 24.1 Å². The van der Waals surface area contributed by atoms with E-state index in [1.807, 2.05) is 56.0 Å². The first kappa shape index (κ1) is 27.6. The number of hydrogen-bond acceptors (Lipinski definition) is 6. The topological polar surface area (TPSA) is 114 Å². The van der Waals surface area contributed by atoms with Crippen LogP contribution in [0.5, 0.6) is 5.75 Å². The van der Waals surface area contributed by atoms with Gasteiger partial charge in [0.2, 0.25) is 0 Å². The third-order valence-electron chi connectivity index (χ3n) is 7.73. The fraction of sp³-hybridized carbons (Fsp3) is 0.533. The minimum absolute atomic E-state index is 0.0141.